The predicted molar refractivity (Wildman–Crippen MR) is 51.5 cm³/mol. The zero-order valence-electron chi connectivity index (χ0n) is 7.13. The predicted octanol–water partition coefficient (Wildman–Crippen LogP) is 3.62. The van der Waals surface area contributed by atoms with Gasteiger partial charge in [-0.2, -0.15) is 0 Å². The van der Waals surface area contributed by atoms with Gasteiger partial charge in [-0.1, -0.05) is 6.07 Å². The molecule has 2 heteroatoms. The fourth-order valence-corrected chi connectivity index (χ4v) is 2.10. The SMILES string of the molecule is Cc1cc(-c2cccs2)c(C)o1. The molecule has 0 aliphatic rings. The molecule has 0 aliphatic heterocycles. The van der Waals surface area contributed by atoms with Crippen molar-refractivity contribution < 1.29 is 4.42 Å². The fourth-order valence-electron chi connectivity index (χ4n) is 1.31. The van der Waals surface area contributed by atoms with Gasteiger partial charge < -0.3 is 4.42 Å². The van der Waals surface area contributed by atoms with Crippen molar-refractivity contribution >= 4 is 11.3 Å². The Morgan fingerprint density at radius 1 is 1.33 bits per heavy atom. The van der Waals surface area contributed by atoms with Gasteiger partial charge in [0.25, 0.3) is 0 Å². The second-order valence-corrected chi connectivity index (χ2v) is 3.75. The van der Waals surface area contributed by atoms with Crippen molar-refractivity contribution in [3.63, 3.8) is 0 Å². The lowest BCUT2D eigenvalue weighted by Crippen LogP contribution is -1.68. The monoisotopic (exact) mass is 178 g/mol. The summed E-state index contributed by atoms with van der Waals surface area (Å²) in [6.45, 7) is 3.98. The fraction of sp³-hybridized carbons (Fsp3) is 0.200. The minimum Gasteiger partial charge on any atom is -0.466 e. The van der Waals surface area contributed by atoms with Crippen molar-refractivity contribution in [2.24, 2.45) is 0 Å². The molecule has 62 valence electrons. The van der Waals surface area contributed by atoms with Crippen LogP contribution in [0.25, 0.3) is 10.4 Å². The Morgan fingerprint density at radius 3 is 2.67 bits per heavy atom. The Bertz CT molecular complexity index is 370. The number of hydrogen-bond donors (Lipinski definition) is 0. The van der Waals surface area contributed by atoms with Gasteiger partial charge in [0.05, 0.1) is 0 Å². The minimum atomic E-state index is 0.982. The van der Waals surface area contributed by atoms with Gasteiger partial charge in [-0.15, -0.1) is 11.3 Å². The standard InChI is InChI=1S/C10H10OS/c1-7-6-9(8(2)11-7)10-4-3-5-12-10/h3-6H,1-2H3. The Labute approximate surface area is 75.7 Å². The summed E-state index contributed by atoms with van der Waals surface area (Å²) in [5, 5.41) is 2.08. The molecule has 1 nitrogen and oxygen atoms in total. The molecule has 0 atom stereocenters. The molecule has 0 radical (unpaired) electrons. The van der Waals surface area contributed by atoms with Gasteiger partial charge in [0, 0.05) is 10.4 Å². The van der Waals surface area contributed by atoms with Crippen LogP contribution >= 0.6 is 11.3 Å². The van der Waals surface area contributed by atoms with E-state index in [9.17, 15) is 0 Å². The average molecular weight is 178 g/mol. The van der Waals surface area contributed by atoms with Crippen LogP contribution in [0.1, 0.15) is 11.5 Å². The van der Waals surface area contributed by atoms with Crippen LogP contribution in [0.15, 0.2) is 28.0 Å². The molecule has 2 rings (SSSR count). The molecule has 0 amide bonds. The first kappa shape index (κ1) is 7.62. The second-order valence-electron chi connectivity index (χ2n) is 2.80. The smallest absolute Gasteiger partial charge is 0.109 e. The molecule has 0 N–H and O–H groups in total. The van der Waals surface area contributed by atoms with E-state index in [-0.39, 0.29) is 0 Å². The molecule has 2 aromatic heterocycles. The van der Waals surface area contributed by atoms with Crippen molar-refractivity contribution in [1.29, 1.82) is 0 Å². The Balaban J connectivity index is 2.54. The van der Waals surface area contributed by atoms with Crippen molar-refractivity contribution in [2.45, 2.75) is 13.8 Å². The van der Waals surface area contributed by atoms with Gasteiger partial charge in [-0.3, -0.25) is 0 Å². The maximum absolute atomic E-state index is 5.44. The number of furan rings is 1. The molecule has 0 fully saturated rings. The molecule has 2 heterocycles. The van der Waals surface area contributed by atoms with Crippen LogP contribution in [0.3, 0.4) is 0 Å². The van der Waals surface area contributed by atoms with Crippen LogP contribution in [0.2, 0.25) is 0 Å². The summed E-state index contributed by atoms with van der Waals surface area (Å²) in [4.78, 5) is 1.28. The zero-order valence-corrected chi connectivity index (χ0v) is 7.94. The molecular formula is C10H10OS. The van der Waals surface area contributed by atoms with Gasteiger partial charge in [0.2, 0.25) is 0 Å². The summed E-state index contributed by atoms with van der Waals surface area (Å²) in [6, 6.07) is 6.25. The van der Waals surface area contributed by atoms with E-state index < -0.39 is 0 Å². The van der Waals surface area contributed by atoms with E-state index in [1.165, 1.54) is 10.4 Å². The highest BCUT2D eigenvalue weighted by Crippen LogP contribution is 2.29. The topological polar surface area (TPSA) is 13.1 Å². The largest absolute Gasteiger partial charge is 0.466 e. The first-order valence-corrected chi connectivity index (χ1v) is 4.76. The van der Waals surface area contributed by atoms with E-state index in [2.05, 4.69) is 23.6 Å². The summed E-state index contributed by atoms with van der Waals surface area (Å²) in [5.74, 6) is 1.99. The minimum absolute atomic E-state index is 0.982. The molecule has 0 aromatic carbocycles. The molecule has 12 heavy (non-hydrogen) atoms. The van der Waals surface area contributed by atoms with Gasteiger partial charge in [-0.25, -0.2) is 0 Å². The van der Waals surface area contributed by atoms with E-state index in [1.807, 2.05) is 13.8 Å². The summed E-state index contributed by atoms with van der Waals surface area (Å²) < 4.78 is 5.44. The van der Waals surface area contributed by atoms with Crippen molar-refractivity contribution in [3.05, 3.63) is 35.1 Å². The average Bonchev–Trinajstić information content (AvgIpc) is 2.58. The van der Waals surface area contributed by atoms with Gasteiger partial charge in [0.1, 0.15) is 11.5 Å². The first-order valence-electron chi connectivity index (χ1n) is 3.88. The third-order valence-corrected chi connectivity index (χ3v) is 2.73. The number of rotatable bonds is 1. The summed E-state index contributed by atoms with van der Waals surface area (Å²) in [6.07, 6.45) is 0. The lowest BCUT2D eigenvalue weighted by atomic mass is 10.2. The van der Waals surface area contributed by atoms with E-state index in [0.29, 0.717) is 0 Å². The van der Waals surface area contributed by atoms with Gasteiger partial charge >= 0.3 is 0 Å². The van der Waals surface area contributed by atoms with E-state index in [4.69, 9.17) is 4.42 Å². The maximum atomic E-state index is 5.44. The Morgan fingerprint density at radius 2 is 2.17 bits per heavy atom. The maximum Gasteiger partial charge on any atom is 0.109 e. The van der Waals surface area contributed by atoms with Crippen LogP contribution in [0, 0.1) is 13.8 Å². The van der Waals surface area contributed by atoms with E-state index >= 15 is 0 Å². The third-order valence-electron chi connectivity index (χ3n) is 1.83. The van der Waals surface area contributed by atoms with Crippen molar-refractivity contribution in [1.82, 2.24) is 0 Å². The molecule has 0 saturated carbocycles. The molecule has 2 aromatic rings. The lowest BCUT2D eigenvalue weighted by molar-refractivity contribution is 0.505. The van der Waals surface area contributed by atoms with Gasteiger partial charge in [0.15, 0.2) is 0 Å². The van der Waals surface area contributed by atoms with Crippen LogP contribution in [0.5, 0.6) is 0 Å². The van der Waals surface area contributed by atoms with Gasteiger partial charge in [-0.05, 0) is 31.4 Å². The molecule has 0 unspecified atom stereocenters. The molecule has 0 saturated heterocycles. The number of aryl methyl sites for hydroxylation is 2. The van der Waals surface area contributed by atoms with E-state index in [0.717, 1.165) is 11.5 Å². The highest BCUT2D eigenvalue weighted by atomic mass is 32.1. The Hall–Kier alpha value is -1.02. The van der Waals surface area contributed by atoms with E-state index in [1.54, 1.807) is 11.3 Å². The van der Waals surface area contributed by atoms with Crippen molar-refractivity contribution in [3.8, 4) is 10.4 Å². The Kier molecular flexibility index (Phi) is 1.77. The summed E-state index contributed by atoms with van der Waals surface area (Å²) >= 11 is 1.74. The quantitative estimate of drug-likeness (QED) is 0.650. The second kappa shape index (κ2) is 2.79. The lowest BCUT2D eigenvalue weighted by Gasteiger charge is -1.90. The van der Waals surface area contributed by atoms with Crippen LogP contribution in [0.4, 0.5) is 0 Å². The van der Waals surface area contributed by atoms with Crippen LogP contribution < -0.4 is 0 Å². The summed E-state index contributed by atoms with van der Waals surface area (Å²) in [7, 11) is 0. The van der Waals surface area contributed by atoms with Crippen LogP contribution in [-0.2, 0) is 0 Å². The zero-order chi connectivity index (χ0) is 8.55. The van der Waals surface area contributed by atoms with Crippen molar-refractivity contribution in [2.75, 3.05) is 0 Å². The molecule has 0 spiro atoms. The normalized spacial score (nSPS) is 10.5. The molecule has 0 aliphatic carbocycles. The highest BCUT2D eigenvalue weighted by Gasteiger charge is 2.06. The molecule has 0 bridgehead atoms. The number of hydrogen-bond acceptors (Lipinski definition) is 2. The number of thiophene rings is 1. The highest BCUT2D eigenvalue weighted by molar-refractivity contribution is 7.13. The molecular weight excluding hydrogens is 168 g/mol. The third kappa shape index (κ3) is 1.18. The first-order chi connectivity index (χ1) is 5.77. The van der Waals surface area contributed by atoms with Crippen LogP contribution in [-0.4, -0.2) is 0 Å². The summed E-state index contributed by atoms with van der Waals surface area (Å²) in [5.41, 5.74) is 1.22.